The van der Waals surface area contributed by atoms with Crippen molar-refractivity contribution in [3.63, 3.8) is 0 Å². The van der Waals surface area contributed by atoms with Crippen LogP contribution in [-0.2, 0) is 11.2 Å². The molecule has 0 bridgehead atoms. The highest BCUT2D eigenvalue weighted by Gasteiger charge is 2.31. The summed E-state index contributed by atoms with van der Waals surface area (Å²) in [4.78, 5) is 17.8. The molecule has 5 heteroatoms. The third kappa shape index (κ3) is 3.49. The monoisotopic (exact) mass is 300 g/mol. The molecule has 1 aliphatic heterocycles. The molecule has 1 amide bonds. The predicted molar refractivity (Wildman–Crippen MR) is 83.1 cm³/mol. The van der Waals surface area contributed by atoms with Gasteiger partial charge in [0.05, 0.1) is 6.04 Å². The van der Waals surface area contributed by atoms with Crippen LogP contribution in [0.15, 0.2) is 48.0 Å². The van der Waals surface area contributed by atoms with Crippen molar-refractivity contribution in [3.05, 3.63) is 58.6 Å². The number of rotatable bonds is 5. The van der Waals surface area contributed by atoms with E-state index >= 15 is 0 Å². The van der Waals surface area contributed by atoms with Crippen molar-refractivity contribution >= 4 is 23.5 Å². The van der Waals surface area contributed by atoms with Crippen molar-refractivity contribution in [3.8, 4) is 0 Å². The smallest absolute Gasteiger partial charge is 0.410 e. The number of benzene rings is 1. The standard InChI is InChI=1S/C16H16N2O2S/c19-16-18(9-4-7-15-17-8-10-21-15)14(12-20-16)11-13-5-2-1-3-6-13/h1-8,10,14H,9,11-12H2/b7-4+/t14-/m1/s1. The van der Waals surface area contributed by atoms with Crippen LogP contribution in [0.1, 0.15) is 10.6 Å². The predicted octanol–water partition coefficient (Wildman–Crippen LogP) is 3.22. The van der Waals surface area contributed by atoms with E-state index in [0.29, 0.717) is 13.2 Å². The number of hydrogen-bond donors (Lipinski definition) is 0. The van der Waals surface area contributed by atoms with E-state index in [0.717, 1.165) is 11.4 Å². The van der Waals surface area contributed by atoms with Crippen molar-refractivity contribution in [1.29, 1.82) is 0 Å². The number of aromatic nitrogens is 1. The highest BCUT2D eigenvalue weighted by molar-refractivity contribution is 7.10. The van der Waals surface area contributed by atoms with Crippen LogP contribution in [0.5, 0.6) is 0 Å². The fourth-order valence-corrected chi connectivity index (χ4v) is 2.91. The van der Waals surface area contributed by atoms with Gasteiger partial charge >= 0.3 is 6.09 Å². The van der Waals surface area contributed by atoms with Crippen LogP contribution in [0.3, 0.4) is 0 Å². The molecule has 2 aromatic rings. The average molecular weight is 300 g/mol. The molecule has 1 fully saturated rings. The van der Waals surface area contributed by atoms with Gasteiger partial charge in [0.25, 0.3) is 0 Å². The van der Waals surface area contributed by atoms with E-state index in [4.69, 9.17) is 4.74 Å². The van der Waals surface area contributed by atoms with Crippen LogP contribution in [0, 0.1) is 0 Å². The zero-order valence-corrected chi connectivity index (χ0v) is 12.3. The Hall–Kier alpha value is -2.14. The summed E-state index contributed by atoms with van der Waals surface area (Å²) in [7, 11) is 0. The first-order valence-corrected chi connectivity index (χ1v) is 7.74. The molecular formula is C16H16N2O2S. The quantitative estimate of drug-likeness (QED) is 0.851. The Bertz CT molecular complexity index is 610. The molecule has 0 saturated carbocycles. The minimum atomic E-state index is -0.236. The van der Waals surface area contributed by atoms with Gasteiger partial charge in [-0.3, -0.25) is 4.90 Å². The van der Waals surface area contributed by atoms with Crippen molar-refractivity contribution in [2.75, 3.05) is 13.2 Å². The van der Waals surface area contributed by atoms with E-state index in [-0.39, 0.29) is 12.1 Å². The van der Waals surface area contributed by atoms with Crippen molar-refractivity contribution in [1.82, 2.24) is 9.88 Å². The molecule has 1 saturated heterocycles. The Labute approximate surface area is 127 Å². The van der Waals surface area contributed by atoms with Gasteiger partial charge in [-0.05, 0) is 18.1 Å². The zero-order chi connectivity index (χ0) is 14.5. The molecule has 1 aliphatic rings. The molecule has 4 nitrogen and oxygen atoms in total. The van der Waals surface area contributed by atoms with Gasteiger partial charge in [0, 0.05) is 18.1 Å². The third-order valence-corrected chi connectivity index (χ3v) is 4.14. The minimum absolute atomic E-state index is 0.0980. The summed E-state index contributed by atoms with van der Waals surface area (Å²) in [5, 5.41) is 2.88. The zero-order valence-electron chi connectivity index (χ0n) is 11.5. The highest BCUT2D eigenvalue weighted by Crippen LogP contribution is 2.17. The summed E-state index contributed by atoms with van der Waals surface area (Å²) >= 11 is 1.58. The molecule has 0 spiro atoms. The SMILES string of the molecule is O=C1OC[C@@H](Cc2ccccc2)N1C/C=C/c1nccs1. The number of amides is 1. The van der Waals surface area contributed by atoms with Gasteiger partial charge in [-0.2, -0.15) is 0 Å². The van der Waals surface area contributed by atoms with Crippen LogP contribution in [-0.4, -0.2) is 35.2 Å². The van der Waals surface area contributed by atoms with Gasteiger partial charge in [-0.25, -0.2) is 9.78 Å². The first-order valence-electron chi connectivity index (χ1n) is 6.86. The topological polar surface area (TPSA) is 42.4 Å². The van der Waals surface area contributed by atoms with Gasteiger partial charge in [-0.1, -0.05) is 36.4 Å². The Morgan fingerprint density at radius 1 is 1.38 bits per heavy atom. The average Bonchev–Trinajstić information content (AvgIpc) is 3.13. The van der Waals surface area contributed by atoms with Gasteiger partial charge in [0.1, 0.15) is 11.6 Å². The normalized spacial score (nSPS) is 18.4. The minimum Gasteiger partial charge on any atom is -0.447 e. The Morgan fingerprint density at radius 3 is 3.00 bits per heavy atom. The molecule has 1 atom stereocenters. The van der Waals surface area contributed by atoms with E-state index in [1.807, 2.05) is 35.7 Å². The van der Waals surface area contributed by atoms with Gasteiger partial charge in [0.2, 0.25) is 0 Å². The number of ether oxygens (including phenoxy) is 1. The maximum absolute atomic E-state index is 11.8. The van der Waals surface area contributed by atoms with E-state index in [1.54, 1.807) is 22.4 Å². The number of carbonyl (C=O) groups excluding carboxylic acids is 1. The second kappa shape index (κ2) is 6.54. The summed E-state index contributed by atoms with van der Waals surface area (Å²) in [5.41, 5.74) is 1.22. The van der Waals surface area contributed by atoms with Gasteiger partial charge in [-0.15, -0.1) is 11.3 Å². The molecule has 0 unspecified atom stereocenters. The maximum Gasteiger partial charge on any atom is 0.410 e. The lowest BCUT2D eigenvalue weighted by Gasteiger charge is -2.19. The number of nitrogens with zero attached hydrogens (tertiary/aromatic N) is 2. The van der Waals surface area contributed by atoms with Crippen LogP contribution >= 0.6 is 11.3 Å². The van der Waals surface area contributed by atoms with Gasteiger partial charge < -0.3 is 4.74 Å². The molecule has 108 valence electrons. The second-order valence-electron chi connectivity index (χ2n) is 4.85. The number of carbonyl (C=O) groups is 1. The van der Waals surface area contributed by atoms with Crippen molar-refractivity contribution in [2.45, 2.75) is 12.5 Å². The summed E-state index contributed by atoms with van der Waals surface area (Å²) in [6.45, 7) is 1.01. The summed E-state index contributed by atoms with van der Waals surface area (Å²) in [6.07, 6.45) is 6.25. The molecule has 2 heterocycles. The first-order chi connectivity index (χ1) is 10.3. The van der Waals surface area contributed by atoms with Crippen LogP contribution in [0.25, 0.3) is 6.08 Å². The lowest BCUT2D eigenvalue weighted by atomic mass is 10.1. The molecule has 0 radical (unpaired) electrons. The molecular weight excluding hydrogens is 284 g/mol. The summed E-state index contributed by atoms with van der Waals surface area (Å²) in [6, 6.07) is 10.3. The largest absolute Gasteiger partial charge is 0.447 e. The van der Waals surface area contributed by atoms with Crippen molar-refractivity contribution in [2.24, 2.45) is 0 Å². The number of hydrogen-bond acceptors (Lipinski definition) is 4. The lowest BCUT2D eigenvalue weighted by molar-refractivity contribution is 0.160. The molecule has 3 rings (SSSR count). The van der Waals surface area contributed by atoms with E-state index in [1.165, 1.54) is 5.56 Å². The second-order valence-corrected chi connectivity index (χ2v) is 5.77. The first kappa shape index (κ1) is 13.8. The van der Waals surface area contributed by atoms with Crippen molar-refractivity contribution < 1.29 is 9.53 Å². The lowest BCUT2D eigenvalue weighted by Crippen LogP contribution is -2.35. The van der Waals surface area contributed by atoms with Crippen LogP contribution < -0.4 is 0 Å². The molecule has 0 N–H and O–H groups in total. The van der Waals surface area contributed by atoms with E-state index < -0.39 is 0 Å². The Balaban J connectivity index is 1.62. The van der Waals surface area contributed by atoms with E-state index in [9.17, 15) is 4.79 Å². The summed E-state index contributed by atoms with van der Waals surface area (Å²) < 4.78 is 5.18. The number of cyclic esters (lactones) is 1. The molecule has 1 aromatic heterocycles. The Kier molecular flexibility index (Phi) is 4.31. The highest BCUT2D eigenvalue weighted by atomic mass is 32.1. The molecule has 21 heavy (non-hydrogen) atoms. The molecule has 0 aliphatic carbocycles. The van der Waals surface area contributed by atoms with Crippen LogP contribution in [0.2, 0.25) is 0 Å². The Morgan fingerprint density at radius 2 is 2.24 bits per heavy atom. The van der Waals surface area contributed by atoms with Gasteiger partial charge in [0.15, 0.2) is 0 Å². The fourth-order valence-electron chi connectivity index (χ4n) is 2.35. The molecule has 1 aromatic carbocycles. The van der Waals surface area contributed by atoms with Crippen LogP contribution in [0.4, 0.5) is 4.79 Å². The fraction of sp³-hybridized carbons (Fsp3) is 0.250. The maximum atomic E-state index is 11.8. The summed E-state index contributed by atoms with van der Waals surface area (Å²) in [5.74, 6) is 0. The van der Waals surface area contributed by atoms with E-state index in [2.05, 4.69) is 17.1 Å². The number of thiazole rings is 1. The third-order valence-electron chi connectivity index (χ3n) is 3.40.